The fourth-order valence-electron chi connectivity index (χ4n) is 2.17. The molecule has 3 nitrogen and oxygen atoms in total. The average molecular weight is 362 g/mol. The maximum Gasteiger partial charge on any atom is 0.0702 e. The van der Waals surface area contributed by atoms with Crippen LogP contribution in [0.5, 0.6) is 0 Å². The molecule has 1 atom stereocenters. The summed E-state index contributed by atoms with van der Waals surface area (Å²) in [5.74, 6) is 0. The summed E-state index contributed by atoms with van der Waals surface area (Å²) in [6.07, 6.45) is 3.78. The van der Waals surface area contributed by atoms with Gasteiger partial charge < -0.3 is 5.32 Å². The Morgan fingerprint density at radius 1 is 1.24 bits per heavy atom. The van der Waals surface area contributed by atoms with Gasteiger partial charge >= 0.3 is 0 Å². The standard InChI is InChI=1S/C16H16BrN3S/c1-12(15-7-8-16(17)21-15)19-14-5-3-13(4-6-14)11-20-10-2-9-18-20/h2-10,12,19H,11H2,1H3. The minimum atomic E-state index is 0.304. The summed E-state index contributed by atoms with van der Waals surface area (Å²) < 4.78 is 3.09. The van der Waals surface area contributed by atoms with E-state index in [2.05, 4.69) is 69.7 Å². The Kier molecular flexibility index (Phi) is 4.41. The number of rotatable bonds is 5. The van der Waals surface area contributed by atoms with Crippen molar-refractivity contribution in [2.45, 2.75) is 19.5 Å². The number of nitrogens with zero attached hydrogens (tertiary/aromatic N) is 2. The quantitative estimate of drug-likeness (QED) is 0.698. The lowest BCUT2D eigenvalue weighted by molar-refractivity contribution is 0.687. The van der Waals surface area contributed by atoms with Crippen LogP contribution in [0.2, 0.25) is 0 Å². The van der Waals surface area contributed by atoms with Crippen LogP contribution in [0, 0.1) is 0 Å². The number of aromatic nitrogens is 2. The molecule has 0 saturated carbocycles. The molecule has 1 N–H and O–H groups in total. The summed E-state index contributed by atoms with van der Waals surface area (Å²) in [5.41, 5.74) is 2.38. The number of hydrogen-bond donors (Lipinski definition) is 1. The summed E-state index contributed by atoms with van der Waals surface area (Å²) in [7, 11) is 0. The molecule has 1 aromatic carbocycles. The second kappa shape index (κ2) is 6.45. The van der Waals surface area contributed by atoms with Crippen LogP contribution in [0.15, 0.2) is 58.6 Å². The maximum absolute atomic E-state index is 4.22. The Balaban J connectivity index is 1.64. The zero-order valence-corrected chi connectivity index (χ0v) is 14.1. The zero-order chi connectivity index (χ0) is 14.7. The number of nitrogens with one attached hydrogen (secondary N) is 1. The van der Waals surface area contributed by atoms with Gasteiger partial charge in [0.2, 0.25) is 0 Å². The predicted octanol–water partition coefficient (Wildman–Crippen LogP) is 4.93. The van der Waals surface area contributed by atoms with E-state index < -0.39 is 0 Å². The van der Waals surface area contributed by atoms with Gasteiger partial charge in [0.1, 0.15) is 0 Å². The lowest BCUT2D eigenvalue weighted by Gasteiger charge is -2.14. The van der Waals surface area contributed by atoms with Crippen LogP contribution in [-0.4, -0.2) is 9.78 Å². The smallest absolute Gasteiger partial charge is 0.0702 e. The van der Waals surface area contributed by atoms with Gasteiger partial charge in [0, 0.05) is 23.0 Å². The highest BCUT2D eigenvalue weighted by atomic mass is 79.9. The third kappa shape index (κ3) is 3.74. The molecule has 21 heavy (non-hydrogen) atoms. The minimum absolute atomic E-state index is 0.304. The molecule has 0 fully saturated rings. The van der Waals surface area contributed by atoms with Gasteiger partial charge in [-0.1, -0.05) is 12.1 Å². The van der Waals surface area contributed by atoms with Crippen molar-refractivity contribution in [1.29, 1.82) is 0 Å². The lowest BCUT2D eigenvalue weighted by atomic mass is 10.2. The monoisotopic (exact) mass is 361 g/mol. The molecule has 0 bridgehead atoms. The van der Waals surface area contributed by atoms with Crippen molar-refractivity contribution in [3.05, 3.63) is 69.1 Å². The van der Waals surface area contributed by atoms with Crippen molar-refractivity contribution in [2.75, 3.05) is 5.32 Å². The van der Waals surface area contributed by atoms with Crippen molar-refractivity contribution in [3.8, 4) is 0 Å². The molecular weight excluding hydrogens is 346 g/mol. The van der Waals surface area contributed by atoms with Gasteiger partial charge in [-0.05, 0) is 58.7 Å². The maximum atomic E-state index is 4.22. The van der Waals surface area contributed by atoms with Crippen LogP contribution in [-0.2, 0) is 6.54 Å². The minimum Gasteiger partial charge on any atom is -0.378 e. The van der Waals surface area contributed by atoms with Gasteiger partial charge in [-0.15, -0.1) is 11.3 Å². The molecule has 3 rings (SSSR count). The van der Waals surface area contributed by atoms with E-state index >= 15 is 0 Å². The van der Waals surface area contributed by atoms with E-state index in [4.69, 9.17) is 0 Å². The molecule has 3 aromatic rings. The number of thiophene rings is 1. The van der Waals surface area contributed by atoms with Crippen LogP contribution >= 0.6 is 27.3 Å². The summed E-state index contributed by atoms with van der Waals surface area (Å²) in [6.45, 7) is 2.98. The first kappa shape index (κ1) is 14.4. The molecule has 0 aliphatic carbocycles. The molecule has 0 aliphatic heterocycles. The first-order valence-corrected chi connectivity index (χ1v) is 8.40. The zero-order valence-electron chi connectivity index (χ0n) is 11.7. The van der Waals surface area contributed by atoms with Crippen molar-refractivity contribution in [3.63, 3.8) is 0 Å². The average Bonchev–Trinajstić information content (AvgIpc) is 3.12. The molecule has 2 heterocycles. The predicted molar refractivity (Wildman–Crippen MR) is 91.8 cm³/mol. The van der Waals surface area contributed by atoms with Crippen molar-refractivity contribution >= 4 is 33.0 Å². The second-order valence-electron chi connectivity index (χ2n) is 4.91. The molecule has 0 radical (unpaired) electrons. The van der Waals surface area contributed by atoms with E-state index in [0.29, 0.717) is 6.04 Å². The van der Waals surface area contributed by atoms with Crippen molar-refractivity contribution < 1.29 is 0 Å². The molecule has 1 unspecified atom stereocenters. The second-order valence-corrected chi connectivity index (χ2v) is 7.40. The number of hydrogen-bond acceptors (Lipinski definition) is 3. The van der Waals surface area contributed by atoms with Gasteiger partial charge in [0.25, 0.3) is 0 Å². The Hall–Kier alpha value is -1.59. The molecule has 0 spiro atoms. The highest BCUT2D eigenvalue weighted by Gasteiger charge is 2.07. The Morgan fingerprint density at radius 3 is 2.67 bits per heavy atom. The lowest BCUT2D eigenvalue weighted by Crippen LogP contribution is -2.05. The van der Waals surface area contributed by atoms with E-state index in [1.165, 1.54) is 14.2 Å². The Bertz CT molecular complexity index is 689. The van der Waals surface area contributed by atoms with E-state index in [-0.39, 0.29) is 0 Å². The summed E-state index contributed by atoms with van der Waals surface area (Å²) in [5, 5.41) is 7.75. The third-order valence-corrected chi connectivity index (χ3v) is 5.07. The number of anilines is 1. The highest BCUT2D eigenvalue weighted by Crippen LogP contribution is 2.29. The fourth-order valence-corrected chi connectivity index (χ4v) is 3.60. The van der Waals surface area contributed by atoms with Gasteiger partial charge in [-0.3, -0.25) is 4.68 Å². The molecule has 0 amide bonds. The normalized spacial score (nSPS) is 12.3. The SMILES string of the molecule is CC(Nc1ccc(Cn2cccn2)cc1)c1ccc(Br)s1. The molecule has 108 valence electrons. The first-order valence-electron chi connectivity index (χ1n) is 6.79. The number of halogens is 1. The third-order valence-electron chi connectivity index (χ3n) is 3.26. The highest BCUT2D eigenvalue weighted by molar-refractivity contribution is 9.11. The van der Waals surface area contributed by atoms with Gasteiger partial charge in [-0.2, -0.15) is 5.10 Å². The van der Waals surface area contributed by atoms with E-state index in [1.807, 2.05) is 16.9 Å². The molecular formula is C16H16BrN3S. The van der Waals surface area contributed by atoms with Crippen LogP contribution in [0.4, 0.5) is 5.69 Å². The molecule has 2 aromatic heterocycles. The summed E-state index contributed by atoms with van der Waals surface area (Å²) >= 11 is 5.27. The molecule has 0 aliphatic rings. The van der Waals surface area contributed by atoms with Crippen LogP contribution in [0.25, 0.3) is 0 Å². The Labute approximate surface area is 136 Å². The largest absolute Gasteiger partial charge is 0.378 e. The molecule has 0 saturated heterocycles. The van der Waals surface area contributed by atoms with Crippen LogP contribution in [0.3, 0.4) is 0 Å². The van der Waals surface area contributed by atoms with E-state index in [0.717, 1.165) is 12.2 Å². The van der Waals surface area contributed by atoms with Gasteiger partial charge in [0.15, 0.2) is 0 Å². The number of benzene rings is 1. The van der Waals surface area contributed by atoms with E-state index in [9.17, 15) is 0 Å². The van der Waals surface area contributed by atoms with Crippen LogP contribution < -0.4 is 5.32 Å². The van der Waals surface area contributed by atoms with Crippen LogP contribution in [0.1, 0.15) is 23.4 Å². The summed E-state index contributed by atoms with van der Waals surface area (Å²) in [4.78, 5) is 1.32. The fraction of sp³-hybridized carbons (Fsp3) is 0.188. The Morgan fingerprint density at radius 2 is 2.05 bits per heavy atom. The molecule has 5 heteroatoms. The van der Waals surface area contributed by atoms with Gasteiger partial charge in [0.05, 0.1) is 16.4 Å². The first-order chi connectivity index (χ1) is 10.2. The van der Waals surface area contributed by atoms with Crippen molar-refractivity contribution in [2.24, 2.45) is 0 Å². The topological polar surface area (TPSA) is 29.9 Å². The van der Waals surface area contributed by atoms with E-state index in [1.54, 1.807) is 17.5 Å². The van der Waals surface area contributed by atoms with Crippen molar-refractivity contribution in [1.82, 2.24) is 9.78 Å². The van der Waals surface area contributed by atoms with Gasteiger partial charge in [-0.25, -0.2) is 0 Å². The summed E-state index contributed by atoms with van der Waals surface area (Å²) in [6, 6.07) is 15.0.